The highest BCUT2D eigenvalue weighted by molar-refractivity contribution is 5.75. The van der Waals surface area contributed by atoms with Crippen molar-refractivity contribution in [2.45, 2.75) is 65.2 Å². The van der Waals surface area contributed by atoms with Crippen LogP contribution in [-0.2, 0) is 19.1 Å². The number of unbranched alkanes of at least 4 members (excludes halogenated alkanes) is 6. The fourth-order valence-corrected chi connectivity index (χ4v) is 1.74. The van der Waals surface area contributed by atoms with E-state index in [9.17, 15) is 9.59 Å². The number of rotatable bonds is 12. The average Bonchev–Trinajstić information content (AvgIpc) is 2.42. The molecule has 0 aromatic rings. The fraction of sp³-hybridized carbons (Fsp3) is 0.750. The van der Waals surface area contributed by atoms with Gasteiger partial charge in [-0.15, -0.1) is 0 Å². The molecule has 0 aromatic heterocycles. The van der Waals surface area contributed by atoms with E-state index in [1.807, 2.05) is 0 Å². The molecule has 0 rings (SSSR count). The van der Waals surface area contributed by atoms with E-state index in [-0.39, 0.29) is 6.61 Å². The van der Waals surface area contributed by atoms with Crippen molar-refractivity contribution in [3.8, 4) is 0 Å². The number of carbonyl (C=O) groups is 2. The lowest BCUT2D eigenvalue weighted by molar-refractivity contribution is -0.157. The number of allylic oxidation sites excluding steroid dienone is 2. The van der Waals surface area contributed by atoms with E-state index in [4.69, 9.17) is 4.74 Å². The zero-order valence-corrected chi connectivity index (χ0v) is 12.9. The van der Waals surface area contributed by atoms with Crippen LogP contribution in [0.25, 0.3) is 0 Å². The van der Waals surface area contributed by atoms with Crippen molar-refractivity contribution in [3.63, 3.8) is 0 Å². The molecule has 20 heavy (non-hydrogen) atoms. The van der Waals surface area contributed by atoms with Crippen LogP contribution in [0.3, 0.4) is 0 Å². The Morgan fingerprint density at radius 1 is 0.900 bits per heavy atom. The van der Waals surface area contributed by atoms with Crippen molar-refractivity contribution in [2.24, 2.45) is 0 Å². The molecule has 0 amide bonds. The SMILES string of the molecule is CCC=CCCCCCCCCOC(=O)COC(C)=O. The molecule has 116 valence electrons. The summed E-state index contributed by atoms with van der Waals surface area (Å²) in [6.45, 7) is 3.56. The summed E-state index contributed by atoms with van der Waals surface area (Å²) in [6.07, 6.45) is 13.7. The second-order valence-electron chi connectivity index (χ2n) is 4.79. The molecule has 0 saturated heterocycles. The minimum absolute atomic E-state index is 0.277. The number of hydrogen-bond donors (Lipinski definition) is 0. The maximum absolute atomic E-state index is 11.1. The summed E-state index contributed by atoms with van der Waals surface area (Å²) in [5.41, 5.74) is 0. The third-order valence-corrected chi connectivity index (χ3v) is 2.82. The van der Waals surface area contributed by atoms with Gasteiger partial charge in [0, 0.05) is 6.92 Å². The molecule has 0 aliphatic rings. The summed E-state index contributed by atoms with van der Waals surface area (Å²) in [5, 5.41) is 0. The van der Waals surface area contributed by atoms with Gasteiger partial charge in [-0.2, -0.15) is 0 Å². The Balaban J connectivity index is 3.18. The summed E-state index contributed by atoms with van der Waals surface area (Å²) in [7, 11) is 0. The minimum Gasteiger partial charge on any atom is -0.463 e. The molecule has 0 aliphatic carbocycles. The third-order valence-electron chi connectivity index (χ3n) is 2.82. The highest BCUT2D eigenvalue weighted by atomic mass is 16.6. The van der Waals surface area contributed by atoms with Crippen LogP contribution in [0.4, 0.5) is 0 Å². The predicted molar refractivity (Wildman–Crippen MR) is 79.3 cm³/mol. The van der Waals surface area contributed by atoms with Crippen LogP contribution in [0.15, 0.2) is 12.2 Å². The van der Waals surface area contributed by atoms with Crippen LogP contribution in [0.5, 0.6) is 0 Å². The van der Waals surface area contributed by atoms with Gasteiger partial charge in [0.25, 0.3) is 0 Å². The number of carbonyl (C=O) groups excluding carboxylic acids is 2. The first-order valence-corrected chi connectivity index (χ1v) is 7.60. The normalized spacial score (nSPS) is 10.7. The second kappa shape index (κ2) is 14.1. The summed E-state index contributed by atoms with van der Waals surface area (Å²) < 4.78 is 9.47. The average molecular weight is 284 g/mol. The molecular weight excluding hydrogens is 256 g/mol. The molecular formula is C16H28O4. The van der Waals surface area contributed by atoms with Crippen LogP contribution in [0.2, 0.25) is 0 Å². The van der Waals surface area contributed by atoms with Crippen LogP contribution < -0.4 is 0 Å². The summed E-state index contributed by atoms with van der Waals surface area (Å²) in [5.74, 6) is -0.932. The molecule has 0 aromatic carbocycles. The quantitative estimate of drug-likeness (QED) is 0.311. The van der Waals surface area contributed by atoms with Crippen molar-refractivity contribution in [3.05, 3.63) is 12.2 Å². The van der Waals surface area contributed by atoms with Crippen LogP contribution in [-0.4, -0.2) is 25.2 Å². The van der Waals surface area contributed by atoms with E-state index in [1.165, 1.54) is 39.0 Å². The Labute approximate surface area is 122 Å². The van der Waals surface area contributed by atoms with Gasteiger partial charge in [-0.3, -0.25) is 4.79 Å². The maximum Gasteiger partial charge on any atom is 0.344 e. The number of hydrogen-bond acceptors (Lipinski definition) is 4. The Morgan fingerprint density at radius 2 is 1.55 bits per heavy atom. The molecule has 0 N–H and O–H groups in total. The van der Waals surface area contributed by atoms with Crippen LogP contribution in [0.1, 0.15) is 65.2 Å². The molecule has 0 heterocycles. The smallest absolute Gasteiger partial charge is 0.344 e. The molecule has 0 bridgehead atoms. The monoisotopic (exact) mass is 284 g/mol. The first-order chi connectivity index (χ1) is 9.66. The molecule has 0 fully saturated rings. The van der Waals surface area contributed by atoms with Crippen molar-refractivity contribution >= 4 is 11.9 Å². The molecule has 0 saturated carbocycles. The Morgan fingerprint density at radius 3 is 2.20 bits per heavy atom. The first-order valence-electron chi connectivity index (χ1n) is 7.60. The summed E-state index contributed by atoms with van der Waals surface area (Å²) >= 11 is 0. The molecule has 0 atom stereocenters. The van der Waals surface area contributed by atoms with Crippen molar-refractivity contribution in [1.29, 1.82) is 0 Å². The minimum atomic E-state index is -0.470. The first kappa shape index (κ1) is 18.7. The van der Waals surface area contributed by atoms with Gasteiger partial charge >= 0.3 is 11.9 Å². The van der Waals surface area contributed by atoms with Gasteiger partial charge in [-0.05, 0) is 25.7 Å². The van der Waals surface area contributed by atoms with Gasteiger partial charge in [-0.1, -0.05) is 44.8 Å². The largest absolute Gasteiger partial charge is 0.463 e. The van der Waals surface area contributed by atoms with Crippen molar-refractivity contribution in [2.75, 3.05) is 13.2 Å². The zero-order chi connectivity index (χ0) is 15.1. The Kier molecular flexibility index (Phi) is 13.2. The number of ether oxygens (including phenoxy) is 2. The Bertz CT molecular complexity index is 284. The maximum atomic E-state index is 11.1. The lowest BCUT2D eigenvalue weighted by Gasteiger charge is -2.05. The fourth-order valence-electron chi connectivity index (χ4n) is 1.74. The topological polar surface area (TPSA) is 52.6 Å². The molecule has 0 spiro atoms. The van der Waals surface area contributed by atoms with E-state index in [0.717, 1.165) is 19.3 Å². The summed E-state index contributed by atoms with van der Waals surface area (Å²) in [4.78, 5) is 21.6. The molecule has 0 aliphatic heterocycles. The highest BCUT2D eigenvalue weighted by Gasteiger charge is 2.04. The molecule has 4 nitrogen and oxygen atoms in total. The standard InChI is InChI=1S/C16H28O4/c1-3-4-5-6-7-8-9-10-11-12-13-19-16(18)14-20-15(2)17/h4-5H,3,6-14H2,1-2H3. The third kappa shape index (κ3) is 14.7. The van der Waals surface area contributed by atoms with E-state index in [2.05, 4.69) is 23.8 Å². The van der Waals surface area contributed by atoms with E-state index < -0.39 is 11.9 Å². The highest BCUT2D eigenvalue weighted by Crippen LogP contribution is 2.07. The zero-order valence-electron chi connectivity index (χ0n) is 12.9. The van der Waals surface area contributed by atoms with E-state index in [0.29, 0.717) is 6.61 Å². The van der Waals surface area contributed by atoms with Crippen LogP contribution >= 0.6 is 0 Å². The van der Waals surface area contributed by atoms with E-state index >= 15 is 0 Å². The molecule has 4 heteroatoms. The molecule has 0 radical (unpaired) electrons. The lowest BCUT2D eigenvalue weighted by Crippen LogP contribution is -2.15. The predicted octanol–water partition coefficient (Wildman–Crippen LogP) is 3.79. The van der Waals surface area contributed by atoms with Gasteiger partial charge in [0.05, 0.1) is 6.61 Å². The van der Waals surface area contributed by atoms with Crippen molar-refractivity contribution in [1.82, 2.24) is 0 Å². The number of esters is 2. The van der Waals surface area contributed by atoms with Gasteiger partial charge in [0.1, 0.15) is 0 Å². The van der Waals surface area contributed by atoms with Crippen LogP contribution in [0, 0.1) is 0 Å². The van der Waals surface area contributed by atoms with Gasteiger partial charge < -0.3 is 9.47 Å². The lowest BCUT2D eigenvalue weighted by atomic mass is 10.1. The van der Waals surface area contributed by atoms with Gasteiger partial charge in [0.2, 0.25) is 0 Å². The Hall–Kier alpha value is -1.32. The van der Waals surface area contributed by atoms with Gasteiger partial charge in [0.15, 0.2) is 6.61 Å². The van der Waals surface area contributed by atoms with Gasteiger partial charge in [-0.25, -0.2) is 4.79 Å². The summed E-state index contributed by atoms with van der Waals surface area (Å²) in [6, 6.07) is 0. The second-order valence-corrected chi connectivity index (χ2v) is 4.79. The van der Waals surface area contributed by atoms with Crippen molar-refractivity contribution < 1.29 is 19.1 Å². The van der Waals surface area contributed by atoms with E-state index in [1.54, 1.807) is 0 Å². The molecule has 0 unspecified atom stereocenters.